The quantitative estimate of drug-likeness (QED) is 0.542. The number of hydrogen-bond donors (Lipinski definition) is 0. The summed E-state index contributed by atoms with van der Waals surface area (Å²) in [5, 5.41) is 0. The molecule has 1 aromatic carbocycles. The second-order valence-electron chi connectivity index (χ2n) is 3.55. The van der Waals surface area contributed by atoms with E-state index in [2.05, 4.69) is 15.9 Å². The van der Waals surface area contributed by atoms with E-state index in [4.69, 9.17) is 20.2 Å². The Morgan fingerprint density at radius 3 is 2.63 bits per heavy atom. The van der Waals surface area contributed by atoms with Gasteiger partial charge in [-0.1, -0.05) is 0 Å². The van der Waals surface area contributed by atoms with Gasteiger partial charge in [-0.15, -0.1) is 0 Å². The Kier molecular flexibility index (Phi) is 6.52. The molecular weight excluding hydrogens is 363 g/mol. The standard InChI is InChI=1S/C11H13BrClFO4S/c1-2-17-4-3-5-18-10-7-9(14)11(6-8(10)12)19(13,15)16/h6-7H,2-5H2,1H3. The second kappa shape index (κ2) is 7.42. The van der Waals surface area contributed by atoms with Crippen LogP contribution in [0.3, 0.4) is 0 Å². The highest BCUT2D eigenvalue weighted by Crippen LogP contribution is 2.31. The summed E-state index contributed by atoms with van der Waals surface area (Å²) in [7, 11) is 0.990. The minimum Gasteiger partial charge on any atom is -0.492 e. The fourth-order valence-electron chi connectivity index (χ4n) is 1.30. The van der Waals surface area contributed by atoms with E-state index in [-0.39, 0.29) is 5.75 Å². The Balaban J connectivity index is 2.74. The topological polar surface area (TPSA) is 52.6 Å². The monoisotopic (exact) mass is 374 g/mol. The molecule has 0 radical (unpaired) electrons. The van der Waals surface area contributed by atoms with Gasteiger partial charge < -0.3 is 9.47 Å². The van der Waals surface area contributed by atoms with E-state index < -0.39 is 19.8 Å². The number of benzene rings is 1. The summed E-state index contributed by atoms with van der Waals surface area (Å²) >= 11 is 3.11. The molecule has 0 aliphatic carbocycles. The van der Waals surface area contributed by atoms with Gasteiger partial charge in [0.05, 0.1) is 11.1 Å². The highest BCUT2D eigenvalue weighted by molar-refractivity contribution is 9.10. The molecule has 0 saturated carbocycles. The Bertz CT molecular complexity index is 536. The van der Waals surface area contributed by atoms with Crippen LogP contribution in [0.1, 0.15) is 13.3 Å². The van der Waals surface area contributed by atoms with Crippen LogP contribution in [0.2, 0.25) is 0 Å². The minimum absolute atomic E-state index is 0.220. The number of ether oxygens (including phenoxy) is 2. The van der Waals surface area contributed by atoms with Gasteiger partial charge in [-0.25, -0.2) is 12.8 Å². The molecular formula is C11H13BrClFO4S. The number of halogens is 3. The van der Waals surface area contributed by atoms with Gasteiger partial charge in [0.2, 0.25) is 0 Å². The lowest BCUT2D eigenvalue weighted by Gasteiger charge is -2.09. The molecule has 108 valence electrons. The van der Waals surface area contributed by atoms with Gasteiger partial charge in [0.1, 0.15) is 16.5 Å². The Hall–Kier alpha value is -0.370. The van der Waals surface area contributed by atoms with Crippen LogP contribution in [0.4, 0.5) is 4.39 Å². The van der Waals surface area contributed by atoms with Gasteiger partial charge in [-0.05, 0) is 28.9 Å². The summed E-state index contributed by atoms with van der Waals surface area (Å²) in [4.78, 5) is -0.581. The average molecular weight is 376 g/mol. The summed E-state index contributed by atoms with van der Waals surface area (Å²) in [5.41, 5.74) is 0. The summed E-state index contributed by atoms with van der Waals surface area (Å²) in [5.74, 6) is -0.726. The van der Waals surface area contributed by atoms with Crippen LogP contribution >= 0.6 is 26.6 Å². The third-order valence-corrected chi connectivity index (χ3v) is 4.10. The maximum Gasteiger partial charge on any atom is 0.264 e. The van der Waals surface area contributed by atoms with Crippen molar-refractivity contribution in [2.24, 2.45) is 0 Å². The molecule has 1 rings (SSSR count). The zero-order valence-electron chi connectivity index (χ0n) is 10.2. The third kappa shape index (κ3) is 5.25. The van der Waals surface area contributed by atoms with Gasteiger partial charge in [0, 0.05) is 36.4 Å². The van der Waals surface area contributed by atoms with Crippen molar-refractivity contribution in [3.63, 3.8) is 0 Å². The number of hydrogen-bond acceptors (Lipinski definition) is 4. The van der Waals surface area contributed by atoms with E-state index in [1.807, 2.05) is 6.92 Å². The largest absolute Gasteiger partial charge is 0.492 e. The fourth-order valence-corrected chi connectivity index (χ4v) is 2.81. The maximum absolute atomic E-state index is 13.6. The first-order valence-corrected chi connectivity index (χ1v) is 8.60. The third-order valence-electron chi connectivity index (χ3n) is 2.14. The summed E-state index contributed by atoms with van der Waals surface area (Å²) in [6.45, 7) is 3.40. The molecule has 8 heteroatoms. The van der Waals surface area contributed by atoms with Crippen molar-refractivity contribution in [2.45, 2.75) is 18.2 Å². The zero-order valence-corrected chi connectivity index (χ0v) is 13.3. The van der Waals surface area contributed by atoms with E-state index in [0.29, 0.717) is 30.7 Å². The molecule has 0 fully saturated rings. The SMILES string of the molecule is CCOCCCOc1cc(F)c(S(=O)(=O)Cl)cc1Br. The first kappa shape index (κ1) is 16.7. The molecule has 4 nitrogen and oxygen atoms in total. The lowest BCUT2D eigenvalue weighted by atomic mass is 10.3. The van der Waals surface area contributed by atoms with E-state index >= 15 is 0 Å². The van der Waals surface area contributed by atoms with Crippen LogP contribution in [0.15, 0.2) is 21.5 Å². The first-order valence-electron chi connectivity index (χ1n) is 5.50. The molecule has 0 N–H and O–H groups in total. The van der Waals surface area contributed by atoms with Crippen LogP contribution in [-0.2, 0) is 13.8 Å². The molecule has 0 heterocycles. The fraction of sp³-hybridized carbons (Fsp3) is 0.455. The normalized spacial score (nSPS) is 11.6. The van der Waals surface area contributed by atoms with E-state index in [9.17, 15) is 12.8 Å². The smallest absolute Gasteiger partial charge is 0.264 e. The van der Waals surface area contributed by atoms with Gasteiger partial charge in [0.15, 0.2) is 0 Å². The lowest BCUT2D eigenvalue weighted by molar-refractivity contribution is 0.130. The Labute approximate surface area is 124 Å². The average Bonchev–Trinajstić information content (AvgIpc) is 2.31. The summed E-state index contributed by atoms with van der Waals surface area (Å²) in [6, 6.07) is 2.07. The van der Waals surface area contributed by atoms with Crippen molar-refractivity contribution in [2.75, 3.05) is 19.8 Å². The van der Waals surface area contributed by atoms with Crippen LogP contribution < -0.4 is 4.74 Å². The predicted octanol–water partition coefficient (Wildman–Crippen LogP) is 3.32. The van der Waals surface area contributed by atoms with Crippen molar-refractivity contribution in [1.82, 2.24) is 0 Å². The molecule has 0 aliphatic rings. The molecule has 0 atom stereocenters. The van der Waals surface area contributed by atoms with E-state index in [1.54, 1.807) is 0 Å². The molecule has 0 spiro atoms. The Morgan fingerprint density at radius 1 is 1.37 bits per heavy atom. The molecule has 0 bridgehead atoms. The van der Waals surface area contributed by atoms with Crippen molar-refractivity contribution in [3.8, 4) is 5.75 Å². The highest BCUT2D eigenvalue weighted by atomic mass is 79.9. The summed E-state index contributed by atoms with van der Waals surface area (Å²) in [6.07, 6.45) is 0.650. The predicted molar refractivity (Wildman–Crippen MR) is 73.7 cm³/mol. The molecule has 0 aromatic heterocycles. The molecule has 19 heavy (non-hydrogen) atoms. The second-order valence-corrected chi connectivity index (χ2v) is 6.94. The van der Waals surface area contributed by atoms with E-state index in [1.165, 1.54) is 0 Å². The Morgan fingerprint density at radius 2 is 2.05 bits per heavy atom. The van der Waals surface area contributed by atoms with Crippen LogP contribution in [-0.4, -0.2) is 28.2 Å². The molecule has 0 unspecified atom stereocenters. The first-order chi connectivity index (χ1) is 8.86. The van der Waals surface area contributed by atoms with Crippen molar-refractivity contribution in [3.05, 3.63) is 22.4 Å². The lowest BCUT2D eigenvalue weighted by Crippen LogP contribution is -2.04. The number of rotatable bonds is 7. The zero-order chi connectivity index (χ0) is 14.5. The molecule has 1 aromatic rings. The van der Waals surface area contributed by atoms with Gasteiger partial charge in [-0.3, -0.25) is 0 Å². The molecule has 0 saturated heterocycles. The highest BCUT2D eigenvalue weighted by Gasteiger charge is 2.19. The van der Waals surface area contributed by atoms with Crippen LogP contribution in [0.25, 0.3) is 0 Å². The van der Waals surface area contributed by atoms with Gasteiger partial charge in [0.25, 0.3) is 9.05 Å². The minimum atomic E-state index is -4.11. The van der Waals surface area contributed by atoms with Crippen LogP contribution in [0, 0.1) is 5.82 Å². The van der Waals surface area contributed by atoms with Crippen molar-refractivity contribution < 1.29 is 22.3 Å². The molecule has 0 amide bonds. The maximum atomic E-state index is 13.6. The van der Waals surface area contributed by atoms with Gasteiger partial charge >= 0.3 is 0 Å². The van der Waals surface area contributed by atoms with Crippen molar-refractivity contribution in [1.29, 1.82) is 0 Å². The van der Waals surface area contributed by atoms with Gasteiger partial charge in [-0.2, -0.15) is 0 Å². The van der Waals surface area contributed by atoms with Crippen LogP contribution in [0.5, 0.6) is 5.75 Å². The molecule has 0 aliphatic heterocycles. The van der Waals surface area contributed by atoms with Crippen molar-refractivity contribution >= 4 is 35.7 Å². The summed E-state index contributed by atoms with van der Waals surface area (Å²) < 4.78 is 46.5. The van der Waals surface area contributed by atoms with E-state index in [0.717, 1.165) is 12.1 Å².